The summed E-state index contributed by atoms with van der Waals surface area (Å²) in [5.74, 6) is 0. The van der Waals surface area contributed by atoms with Crippen LogP contribution >= 0.6 is 0 Å². The van der Waals surface area contributed by atoms with Gasteiger partial charge in [-0.15, -0.1) is 0 Å². The van der Waals surface area contributed by atoms with Crippen LogP contribution in [0.25, 0.3) is 82.4 Å². The van der Waals surface area contributed by atoms with Gasteiger partial charge in [-0.05, 0) is 140 Å². The second-order valence-corrected chi connectivity index (χ2v) is 16.5. The number of hydrogen-bond acceptors (Lipinski definition) is 1. The molecule has 10 aromatic carbocycles. The van der Waals surface area contributed by atoms with Gasteiger partial charge >= 0.3 is 0 Å². The third kappa shape index (κ3) is 6.24. The predicted octanol–water partition coefficient (Wildman–Crippen LogP) is 17.1. The van der Waals surface area contributed by atoms with Gasteiger partial charge < -0.3 is 9.47 Å². The van der Waals surface area contributed by atoms with Crippen molar-refractivity contribution in [1.29, 1.82) is 0 Å². The van der Waals surface area contributed by atoms with E-state index in [4.69, 9.17) is 0 Å². The molecule has 0 spiro atoms. The second-order valence-electron chi connectivity index (χ2n) is 16.5. The molecule has 0 N–H and O–H groups in total. The summed E-state index contributed by atoms with van der Waals surface area (Å²) in [5, 5.41) is 7.69. The van der Waals surface area contributed by atoms with E-state index in [0.717, 1.165) is 17.8 Å². The van der Waals surface area contributed by atoms with Crippen molar-refractivity contribution in [2.24, 2.45) is 0 Å². The molecule has 1 aliphatic rings. The molecular formula is C61H48N2. The van der Waals surface area contributed by atoms with E-state index < -0.39 is 0 Å². The highest BCUT2D eigenvalue weighted by atomic mass is 15.1. The van der Waals surface area contributed by atoms with Crippen molar-refractivity contribution in [3.63, 3.8) is 0 Å². The summed E-state index contributed by atoms with van der Waals surface area (Å²) in [7, 11) is 0. The van der Waals surface area contributed by atoms with Crippen LogP contribution in [0.1, 0.15) is 36.1 Å². The van der Waals surface area contributed by atoms with E-state index in [0.29, 0.717) is 0 Å². The molecule has 1 aromatic heterocycles. The number of para-hydroxylation sites is 2. The Morgan fingerprint density at radius 1 is 0.413 bits per heavy atom. The molecule has 12 rings (SSSR count). The molecule has 0 atom stereocenters. The van der Waals surface area contributed by atoms with Crippen LogP contribution in [0.15, 0.2) is 206 Å². The summed E-state index contributed by atoms with van der Waals surface area (Å²) in [6, 6.07) is 76.1. The lowest BCUT2D eigenvalue weighted by molar-refractivity contribution is 1.18. The molecule has 2 heteroatoms. The maximum absolute atomic E-state index is 2.53. The Hall–Kier alpha value is -7.68. The van der Waals surface area contributed by atoms with Gasteiger partial charge in [0.05, 0.1) is 16.7 Å². The molecule has 11 aromatic rings. The van der Waals surface area contributed by atoms with Gasteiger partial charge in [-0.2, -0.15) is 0 Å². The first-order valence-electron chi connectivity index (χ1n) is 22.3. The highest BCUT2D eigenvalue weighted by molar-refractivity contribution is 6.09. The second kappa shape index (κ2) is 15.7. The minimum atomic E-state index is 0.880. The lowest BCUT2D eigenvalue weighted by atomic mass is 9.91. The number of benzene rings is 10. The third-order valence-electron chi connectivity index (χ3n) is 13.2. The molecule has 2 nitrogen and oxygen atoms in total. The molecule has 1 aliphatic carbocycles. The van der Waals surface area contributed by atoms with Crippen molar-refractivity contribution in [3.8, 4) is 39.1 Å². The van der Waals surface area contributed by atoms with E-state index in [9.17, 15) is 0 Å². The minimum absolute atomic E-state index is 0.880. The molecule has 302 valence electrons. The van der Waals surface area contributed by atoms with Crippen molar-refractivity contribution in [1.82, 2.24) is 4.57 Å². The first kappa shape index (κ1) is 38.3. The SMILES string of the molecule is CC.Cc1c(-c2ccc3ccccc3c2C)cccc1N(c1cccc(-c2cccc(-n3c4ccccc4c4ccccc43)c2)c1)c1cccc2c1Cc1ccc3ccccc3c1-2. The Morgan fingerprint density at radius 3 is 1.71 bits per heavy atom. The Bertz CT molecular complexity index is 3500. The monoisotopic (exact) mass is 808 g/mol. The van der Waals surface area contributed by atoms with E-state index in [-0.39, 0.29) is 0 Å². The normalized spacial score (nSPS) is 11.7. The molecular weight excluding hydrogens is 761 g/mol. The van der Waals surface area contributed by atoms with Gasteiger partial charge in [0.1, 0.15) is 0 Å². The maximum Gasteiger partial charge on any atom is 0.0541 e. The minimum Gasteiger partial charge on any atom is -0.310 e. The standard InChI is InChI=1S/C59H42N2.C2H6/c1-38-47-21-5-3-15-40(47)33-34-49(38)48-25-13-29-55(39(48)2)60(58-30-14-26-53-54(58)37-44-32-31-41-16-4-6-22-50(41)59(44)53)45-19-11-17-42(35-45)43-18-12-20-46(36-43)61-56-27-9-7-23-51(56)52-24-8-10-28-57(52)61;1-2/h3-36H,37H2,1-2H3;1-2H3. The first-order valence-corrected chi connectivity index (χ1v) is 22.3. The Labute approximate surface area is 370 Å². The smallest absolute Gasteiger partial charge is 0.0541 e. The zero-order valence-corrected chi connectivity index (χ0v) is 36.2. The summed E-state index contributed by atoms with van der Waals surface area (Å²) >= 11 is 0. The molecule has 0 bridgehead atoms. The lowest BCUT2D eigenvalue weighted by Crippen LogP contribution is -2.14. The largest absolute Gasteiger partial charge is 0.310 e. The predicted molar refractivity (Wildman–Crippen MR) is 270 cm³/mol. The fourth-order valence-electron chi connectivity index (χ4n) is 10.3. The fraction of sp³-hybridized carbons (Fsp3) is 0.0820. The van der Waals surface area contributed by atoms with Crippen LogP contribution in [0, 0.1) is 13.8 Å². The van der Waals surface area contributed by atoms with Crippen LogP contribution in [0.4, 0.5) is 17.1 Å². The molecule has 0 radical (unpaired) electrons. The number of aryl methyl sites for hydroxylation is 1. The van der Waals surface area contributed by atoms with E-state index in [2.05, 4.69) is 230 Å². The fourth-order valence-corrected chi connectivity index (χ4v) is 10.3. The highest BCUT2D eigenvalue weighted by Gasteiger charge is 2.28. The highest BCUT2D eigenvalue weighted by Crippen LogP contribution is 2.50. The molecule has 1 heterocycles. The molecule has 0 aliphatic heterocycles. The molecule has 63 heavy (non-hydrogen) atoms. The van der Waals surface area contributed by atoms with E-state index in [1.165, 1.54) is 110 Å². The number of hydrogen-bond donors (Lipinski definition) is 0. The van der Waals surface area contributed by atoms with Gasteiger partial charge in [-0.3, -0.25) is 0 Å². The van der Waals surface area contributed by atoms with Crippen LogP contribution in [-0.2, 0) is 6.42 Å². The van der Waals surface area contributed by atoms with Crippen LogP contribution in [-0.4, -0.2) is 4.57 Å². The summed E-state index contributed by atoms with van der Waals surface area (Å²) < 4.78 is 2.41. The van der Waals surface area contributed by atoms with Crippen molar-refractivity contribution in [3.05, 3.63) is 229 Å². The van der Waals surface area contributed by atoms with Gasteiger partial charge in [0.25, 0.3) is 0 Å². The van der Waals surface area contributed by atoms with Crippen molar-refractivity contribution >= 4 is 60.4 Å². The third-order valence-corrected chi connectivity index (χ3v) is 13.2. The van der Waals surface area contributed by atoms with Crippen LogP contribution in [0.2, 0.25) is 0 Å². The van der Waals surface area contributed by atoms with Gasteiger partial charge in [-0.1, -0.05) is 172 Å². The number of aromatic nitrogens is 1. The Balaban J connectivity index is 0.00000219. The number of nitrogens with zero attached hydrogens (tertiary/aromatic N) is 2. The van der Waals surface area contributed by atoms with Crippen LogP contribution in [0.5, 0.6) is 0 Å². The zero-order valence-electron chi connectivity index (χ0n) is 36.2. The zero-order chi connectivity index (χ0) is 42.6. The maximum atomic E-state index is 2.53. The molecule has 0 amide bonds. The quantitative estimate of drug-likeness (QED) is 0.162. The first-order chi connectivity index (χ1) is 31.1. The average molecular weight is 809 g/mol. The van der Waals surface area contributed by atoms with Gasteiger partial charge in [-0.25, -0.2) is 0 Å². The molecule has 0 saturated heterocycles. The number of anilines is 3. The van der Waals surface area contributed by atoms with E-state index in [1.807, 2.05) is 13.8 Å². The molecule has 0 unspecified atom stereocenters. The van der Waals surface area contributed by atoms with Crippen LogP contribution < -0.4 is 4.90 Å². The lowest BCUT2D eigenvalue weighted by Gasteiger charge is -2.30. The summed E-state index contributed by atoms with van der Waals surface area (Å²) in [4.78, 5) is 2.53. The topological polar surface area (TPSA) is 8.17 Å². The van der Waals surface area contributed by atoms with Gasteiger partial charge in [0.2, 0.25) is 0 Å². The van der Waals surface area contributed by atoms with E-state index in [1.54, 1.807) is 0 Å². The van der Waals surface area contributed by atoms with Crippen molar-refractivity contribution in [2.75, 3.05) is 4.90 Å². The summed E-state index contributed by atoms with van der Waals surface area (Å²) in [5.41, 5.74) is 19.9. The van der Waals surface area contributed by atoms with Gasteiger partial charge in [0.15, 0.2) is 0 Å². The van der Waals surface area contributed by atoms with E-state index >= 15 is 0 Å². The number of fused-ring (bicyclic) bond motifs is 9. The summed E-state index contributed by atoms with van der Waals surface area (Å²) in [6.45, 7) is 8.57. The van der Waals surface area contributed by atoms with Crippen LogP contribution in [0.3, 0.4) is 0 Å². The molecule has 0 saturated carbocycles. The Morgan fingerprint density at radius 2 is 0.968 bits per heavy atom. The number of rotatable bonds is 6. The van der Waals surface area contributed by atoms with Gasteiger partial charge in [0, 0.05) is 34.3 Å². The summed E-state index contributed by atoms with van der Waals surface area (Å²) in [6.07, 6.45) is 0.880. The van der Waals surface area contributed by atoms with Crippen molar-refractivity contribution in [2.45, 2.75) is 34.1 Å². The Kier molecular flexibility index (Phi) is 9.51. The van der Waals surface area contributed by atoms with Crippen molar-refractivity contribution < 1.29 is 0 Å². The molecule has 0 fully saturated rings. The average Bonchev–Trinajstić information content (AvgIpc) is 3.90.